The van der Waals surface area contributed by atoms with Crippen molar-refractivity contribution in [3.63, 3.8) is 0 Å². The summed E-state index contributed by atoms with van der Waals surface area (Å²) in [7, 11) is -3.47. The fourth-order valence-electron chi connectivity index (χ4n) is 1.95. The number of halogens is 1. The molecule has 1 unspecified atom stereocenters. The van der Waals surface area contributed by atoms with Gasteiger partial charge in [-0.3, -0.25) is 0 Å². The van der Waals surface area contributed by atoms with Crippen molar-refractivity contribution in [1.82, 2.24) is 4.31 Å². The Kier molecular flexibility index (Phi) is 3.28. The highest BCUT2D eigenvalue weighted by Gasteiger charge is 2.34. The maximum atomic E-state index is 12.2. The van der Waals surface area contributed by atoms with Gasteiger partial charge in [0.2, 0.25) is 5.09 Å². The lowest BCUT2D eigenvalue weighted by Crippen LogP contribution is -2.33. The molecule has 1 aliphatic rings. The second-order valence-corrected chi connectivity index (χ2v) is 6.05. The van der Waals surface area contributed by atoms with Crippen molar-refractivity contribution in [3.05, 3.63) is 17.9 Å². The molecule has 0 spiro atoms. The minimum Gasteiger partial charge on any atom is -0.447 e. The van der Waals surface area contributed by atoms with E-state index in [1.165, 1.54) is 10.4 Å². The molecule has 1 aromatic rings. The van der Waals surface area contributed by atoms with Crippen LogP contribution in [0.25, 0.3) is 0 Å². The topological polar surface area (TPSA) is 50.5 Å². The third-order valence-corrected chi connectivity index (χ3v) is 4.97. The van der Waals surface area contributed by atoms with Gasteiger partial charge in [-0.1, -0.05) is 0 Å². The van der Waals surface area contributed by atoms with Gasteiger partial charge in [-0.15, -0.1) is 11.6 Å². The van der Waals surface area contributed by atoms with Crippen LogP contribution in [0.15, 0.2) is 21.6 Å². The first-order valence-corrected chi connectivity index (χ1v) is 7.19. The minimum atomic E-state index is -3.47. The van der Waals surface area contributed by atoms with Crippen LogP contribution in [-0.2, 0) is 15.9 Å². The Hall–Kier alpha value is -0.520. The van der Waals surface area contributed by atoms with Gasteiger partial charge in [0.15, 0.2) is 0 Å². The molecule has 1 aromatic heterocycles. The summed E-state index contributed by atoms with van der Waals surface area (Å²) in [5.41, 5.74) is 0. The number of furan rings is 1. The van der Waals surface area contributed by atoms with E-state index < -0.39 is 10.0 Å². The van der Waals surface area contributed by atoms with Gasteiger partial charge in [-0.05, 0) is 31.9 Å². The number of nitrogens with zero attached hydrogens (tertiary/aromatic N) is 1. The first-order valence-electron chi connectivity index (χ1n) is 5.22. The fraction of sp³-hybridized carbons (Fsp3) is 0.600. The smallest absolute Gasteiger partial charge is 0.276 e. The molecule has 1 fully saturated rings. The molecule has 0 aromatic carbocycles. The number of hydrogen-bond donors (Lipinski definition) is 0. The normalized spacial score (nSPS) is 22.8. The zero-order chi connectivity index (χ0) is 11.8. The molecule has 2 rings (SSSR count). The molecular weight excluding hydrogens is 250 g/mol. The number of hydrogen-bond acceptors (Lipinski definition) is 3. The van der Waals surface area contributed by atoms with Gasteiger partial charge in [-0.25, -0.2) is 8.42 Å². The van der Waals surface area contributed by atoms with E-state index >= 15 is 0 Å². The van der Waals surface area contributed by atoms with Crippen LogP contribution in [0.1, 0.15) is 25.5 Å². The van der Waals surface area contributed by atoms with E-state index in [-0.39, 0.29) is 17.0 Å². The summed E-state index contributed by atoms with van der Waals surface area (Å²) in [5.74, 6) is 0.664. The third-order valence-electron chi connectivity index (χ3n) is 2.82. The van der Waals surface area contributed by atoms with Crippen molar-refractivity contribution < 1.29 is 12.8 Å². The molecule has 1 saturated heterocycles. The maximum absolute atomic E-state index is 12.2. The highest BCUT2D eigenvalue weighted by Crippen LogP contribution is 2.27. The van der Waals surface area contributed by atoms with E-state index in [1.54, 1.807) is 6.07 Å². The Morgan fingerprint density at radius 3 is 2.81 bits per heavy atom. The second-order valence-electron chi connectivity index (χ2n) is 3.96. The predicted octanol–water partition coefficient (Wildman–Crippen LogP) is 2.19. The molecule has 0 N–H and O–H groups in total. The monoisotopic (exact) mass is 263 g/mol. The largest absolute Gasteiger partial charge is 0.447 e. The number of rotatable bonds is 3. The number of sulfonamides is 1. The molecule has 0 saturated carbocycles. The van der Waals surface area contributed by atoms with Gasteiger partial charge in [0.05, 0.1) is 5.88 Å². The van der Waals surface area contributed by atoms with E-state index in [0.717, 1.165) is 12.8 Å². The van der Waals surface area contributed by atoms with Crippen LogP contribution in [0.2, 0.25) is 0 Å². The van der Waals surface area contributed by atoms with Crippen LogP contribution >= 0.6 is 11.6 Å². The van der Waals surface area contributed by atoms with Crippen LogP contribution in [0, 0.1) is 0 Å². The van der Waals surface area contributed by atoms with Crippen molar-refractivity contribution >= 4 is 21.6 Å². The summed E-state index contributed by atoms with van der Waals surface area (Å²) in [5, 5.41) is -0.00287. The summed E-state index contributed by atoms with van der Waals surface area (Å²) < 4.78 is 31.0. The molecule has 0 radical (unpaired) electrons. The molecule has 1 aliphatic heterocycles. The standard InChI is InChI=1S/C10H14ClNO3S/c1-8-3-2-6-12(8)16(13,14)10-5-4-9(7-11)15-10/h4-5,8H,2-3,6-7H2,1H3. The first kappa shape index (κ1) is 12.0. The Balaban J connectivity index is 2.31. The lowest BCUT2D eigenvalue weighted by molar-refractivity contribution is 0.368. The molecule has 90 valence electrons. The fourth-order valence-corrected chi connectivity index (χ4v) is 3.72. The molecule has 0 bridgehead atoms. The third kappa shape index (κ3) is 1.99. The Morgan fingerprint density at radius 1 is 1.56 bits per heavy atom. The summed E-state index contributed by atoms with van der Waals surface area (Å²) in [6.07, 6.45) is 1.81. The molecule has 4 nitrogen and oxygen atoms in total. The molecule has 16 heavy (non-hydrogen) atoms. The summed E-state index contributed by atoms with van der Waals surface area (Å²) in [6, 6.07) is 3.12. The van der Waals surface area contributed by atoms with Crippen LogP contribution in [-0.4, -0.2) is 25.3 Å². The first-order chi connectivity index (χ1) is 7.55. The zero-order valence-electron chi connectivity index (χ0n) is 9.02. The van der Waals surface area contributed by atoms with Gasteiger partial charge in [0, 0.05) is 12.6 Å². The van der Waals surface area contributed by atoms with E-state index in [1.807, 2.05) is 6.92 Å². The Bertz CT molecular complexity index is 468. The highest BCUT2D eigenvalue weighted by molar-refractivity contribution is 7.89. The zero-order valence-corrected chi connectivity index (χ0v) is 10.6. The quantitative estimate of drug-likeness (QED) is 0.786. The van der Waals surface area contributed by atoms with E-state index in [9.17, 15) is 8.42 Å². The van der Waals surface area contributed by atoms with Crippen LogP contribution in [0.3, 0.4) is 0 Å². The van der Waals surface area contributed by atoms with Gasteiger partial charge in [-0.2, -0.15) is 4.31 Å². The van der Waals surface area contributed by atoms with Crippen molar-refractivity contribution in [2.75, 3.05) is 6.54 Å². The SMILES string of the molecule is CC1CCCN1S(=O)(=O)c1ccc(CCl)o1. The average molecular weight is 264 g/mol. The van der Waals surface area contributed by atoms with Crippen molar-refractivity contribution in [1.29, 1.82) is 0 Å². The van der Waals surface area contributed by atoms with Crippen molar-refractivity contribution in [3.8, 4) is 0 Å². The Labute approximate surface area is 100 Å². The van der Waals surface area contributed by atoms with Crippen LogP contribution in [0.5, 0.6) is 0 Å². The van der Waals surface area contributed by atoms with E-state index in [4.69, 9.17) is 16.0 Å². The predicted molar refractivity (Wildman–Crippen MR) is 60.9 cm³/mol. The second kappa shape index (κ2) is 4.39. The number of alkyl halides is 1. The summed E-state index contributed by atoms with van der Waals surface area (Å²) >= 11 is 5.58. The van der Waals surface area contributed by atoms with E-state index in [0.29, 0.717) is 12.3 Å². The van der Waals surface area contributed by atoms with Gasteiger partial charge in [0.1, 0.15) is 5.76 Å². The minimum absolute atomic E-state index is 0.00287. The summed E-state index contributed by atoms with van der Waals surface area (Å²) in [6.45, 7) is 2.48. The van der Waals surface area contributed by atoms with Gasteiger partial charge < -0.3 is 4.42 Å². The van der Waals surface area contributed by atoms with E-state index in [2.05, 4.69) is 0 Å². The maximum Gasteiger partial charge on any atom is 0.276 e. The van der Waals surface area contributed by atoms with Gasteiger partial charge in [0.25, 0.3) is 10.0 Å². The van der Waals surface area contributed by atoms with Crippen molar-refractivity contribution in [2.45, 2.75) is 36.8 Å². The Morgan fingerprint density at radius 2 is 2.31 bits per heavy atom. The lowest BCUT2D eigenvalue weighted by Gasteiger charge is -2.18. The average Bonchev–Trinajstić information content (AvgIpc) is 2.85. The molecule has 2 heterocycles. The molecule has 0 amide bonds. The molecule has 6 heteroatoms. The lowest BCUT2D eigenvalue weighted by atomic mass is 10.3. The molecular formula is C10H14ClNO3S. The highest BCUT2D eigenvalue weighted by atomic mass is 35.5. The summed E-state index contributed by atoms with van der Waals surface area (Å²) in [4.78, 5) is 0. The van der Waals surface area contributed by atoms with Gasteiger partial charge >= 0.3 is 0 Å². The van der Waals surface area contributed by atoms with Crippen LogP contribution in [0.4, 0.5) is 0 Å². The molecule has 0 aliphatic carbocycles. The van der Waals surface area contributed by atoms with Crippen molar-refractivity contribution in [2.24, 2.45) is 0 Å². The van der Waals surface area contributed by atoms with Crippen LogP contribution < -0.4 is 0 Å². The molecule has 1 atom stereocenters.